The zero-order valence-corrected chi connectivity index (χ0v) is 16.2. The molecule has 0 aliphatic carbocycles. The minimum atomic E-state index is -0.729. The molecule has 10 nitrogen and oxygen atoms in total. The molecule has 2 rings (SSSR count). The lowest BCUT2D eigenvalue weighted by molar-refractivity contribution is -0.386. The van der Waals surface area contributed by atoms with Gasteiger partial charge in [0.05, 0.1) is 26.3 Å². The molecule has 0 saturated heterocycles. The molecule has 10 heteroatoms. The van der Waals surface area contributed by atoms with E-state index in [4.69, 9.17) is 14.2 Å². The van der Waals surface area contributed by atoms with E-state index in [1.54, 1.807) is 30.3 Å². The third-order valence-corrected chi connectivity index (χ3v) is 3.96. The van der Waals surface area contributed by atoms with Gasteiger partial charge in [-0.05, 0) is 12.1 Å². The Hall–Kier alpha value is -3.82. The Morgan fingerprint density at radius 2 is 1.52 bits per heavy atom. The molecule has 0 heterocycles. The second kappa shape index (κ2) is 9.93. The van der Waals surface area contributed by atoms with Crippen LogP contribution in [0.5, 0.6) is 17.2 Å². The first-order valence-corrected chi connectivity index (χ1v) is 8.53. The lowest BCUT2D eigenvalue weighted by atomic mass is 10.1. The van der Waals surface area contributed by atoms with Gasteiger partial charge in [-0.25, -0.2) is 0 Å². The van der Waals surface area contributed by atoms with Crippen LogP contribution in [-0.4, -0.2) is 51.2 Å². The van der Waals surface area contributed by atoms with Gasteiger partial charge in [0, 0.05) is 24.7 Å². The second-order valence-corrected chi connectivity index (χ2v) is 5.68. The fourth-order valence-corrected chi connectivity index (χ4v) is 2.63. The van der Waals surface area contributed by atoms with Crippen molar-refractivity contribution in [1.29, 1.82) is 0 Å². The van der Waals surface area contributed by atoms with Gasteiger partial charge in [-0.15, -0.1) is 0 Å². The van der Waals surface area contributed by atoms with Crippen molar-refractivity contribution in [1.82, 2.24) is 10.6 Å². The van der Waals surface area contributed by atoms with Crippen molar-refractivity contribution in [3.63, 3.8) is 0 Å². The van der Waals surface area contributed by atoms with E-state index >= 15 is 0 Å². The highest BCUT2D eigenvalue weighted by Crippen LogP contribution is 2.46. The fourth-order valence-electron chi connectivity index (χ4n) is 2.63. The van der Waals surface area contributed by atoms with Gasteiger partial charge in [0.1, 0.15) is 5.56 Å². The summed E-state index contributed by atoms with van der Waals surface area (Å²) in [5, 5.41) is 16.7. The first kappa shape index (κ1) is 21.5. The summed E-state index contributed by atoms with van der Waals surface area (Å²) < 4.78 is 15.3. The largest absolute Gasteiger partial charge is 0.493 e. The summed E-state index contributed by atoms with van der Waals surface area (Å²) in [6.07, 6.45) is 0. The Labute approximate surface area is 166 Å². The van der Waals surface area contributed by atoms with E-state index in [0.717, 1.165) is 0 Å². The normalized spacial score (nSPS) is 10.0. The molecule has 2 N–H and O–H groups in total. The number of carbonyl (C=O) groups is 2. The fraction of sp³-hybridized carbons (Fsp3) is 0.263. The van der Waals surface area contributed by atoms with E-state index in [-0.39, 0.29) is 41.8 Å². The molecule has 0 spiro atoms. The van der Waals surface area contributed by atoms with Crippen LogP contribution < -0.4 is 24.8 Å². The molecule has 0 bridgehead atoms. The SMILES string of the molecule is COc1cc(C(=O)NCCNC(=O)c2ccccc2)c([N+](=O)[O-])c(OC)c1OC. The quantitative estimate of drug-likeness (QED) is 0.371. The Kier molecular flexibility index (Phi) is 7.35. The van der Waals surface area contributed by atoms with Gasteiger partial charge in [-0.1, -0.05) is 18.2 Å². The van der Waals surface area contributed by atoms with Crippen LogP contribution in [0.3, 0.4) is 0 Å². The zero-order chi connectivity index (χ0) is 21.4. The second-order valence-electron chi connectivity index (χ2n) is 5.68. The molecular weight excluding hydrogens is 382 g/mol. The predicted octanol–water partition coefficient (Wildman–Crippen LogP) is 1.78. The maximum absolute atomic E-state index is 12.5. The number of hydrogen-bond acceptors (Lipinski definition) is 7. The van der Waals surface area contributed by atoms with E-state index in [1.165, 1.54) is 27.4 Å². The standard InChI is InChI=1S/C19H21N3O7/c1-27-14-11-13(15(22(25)26)17(29-3)16(14)28-2)19(24)21-10-9-20-18(23)12-7-5-4-6-8-12/h4-8,11H,9-10H2,1-3H3,(H,20,23)(H,21,24). The number of nitro groups is 1. The molecule has 0 saturated carbocycles. The molecule has 2 amide bonds. The topological polar surface area (TPSA) is 129 Å². The van der Waals surface area contributed by atoms with Crippen molar-refractivity contribution < 1.29 is 28.7 Å². The number of benzene rings is 2. The summed E-state index contributed by atoms with van der Waals surface area (Å²) in [7, 11) is 3.87. The molecule has 0 radical (unpaired) electrons. The van der Waals surface area contributed by atoms with Gasteiger partial charge >= 0.3 is 5.69 Å². The van der Waals surface area contributed by atoms with Gasteiger partial charge in [0.25, 0.3) is 11.8 Å². The lowest BCUT2D eigenvalue weighted by Gasteiger charge is -2.15. The van der Waals surface area contributed by atoms with E-state index in [1.807, 2.05) is 0 Å². The van der Waals surface area contributed by atoms with Crippen molar-refractivity contribution in [2.24, 2.45) is 0 Å². The van der Waals surface area contributed by atoms with Crippen LogP contribution in [0, 0.1) is 10.1 Å². The molecule has 0 aliphatic rings. The summed E-state index contributed by atoms with van der Waals surface area (Å²) in [4.78, 5) is 35.3. The highest BCUT2D eigenvalue weighted by Gasteiger charge is 2.32. The third kappa shape index (κ3) is 4.92. The molecule has 0 atom stereocenters. The molecule has 0 aliphatic heterocycles. The van der Waals surface area contributed by atoms with Gasteiger partial charge in [0.2, 0.25) is 11.5 Å². The molecule has 0 aromatic heterocycles. The third-order valence-electron chi connectivity index (χ3n) is 3.96. The maximum Gasteiger partial charge on any atom is 0.327 e. The lowest BCUT2D eigenvalue weighted by Crippen LogP contribution is -2.35. The first-order chi connectivity index (χ1) is 13.9. The van der Waals surface area contributed by atoms with Crippen LogP contribution in [0.1, 0.15) is 20.7 Å². The number of nitrogens with one attached hydrogen (secondary N) is 2. The molecule has 2 aromatic rings. The summed E-state index contributed by atoms with van der Waals surface area (Å²) in [6.45, 7) is 0.197. The number of nitrogens with zero attached hydrogens (tertiary/aromatic N) is 1. The molecule has 2 aromatic carbocycles. The number of methoxy groups -OCH3 is 3. The van der Waals surface area contributed by atoms with Crippen molar-refractivity contribution in [3.05, 3.63) is 57.6 Å². The van der Waals surface area contributed by atoms with Crippen LogP contribution >= 0.6 is 0 Å². The van der Waals surface area contributed by atoms with Gasteiger partial charge in [-0.3, -0.25) is 19.7 Å². The van der Waals surface area contributed by atoms with Crippen LogP contribution in [0.15, 0.2) is 36.4 Å². The molecule has 0 fully saturated rings. The summed E-state index contributed by atoms with van der Waals surface area (Å²) >= 11 is 0. The minimum absolute atomic E-state index is 0.00775. The van der Waals surface area contributed by atoms with E-state index in [2.05, 4.69) is 10.6 Å². The van der Waals surface area contributed by atoms with E-state index in [9.17, 15) is 19.7 Å². The van der Waals surface area contributed by atoms with Gasteiger partial charge in [-0.2, -0.15) is 0 Å². The predicted molar refractivity (Wildman–Crippen MR) is 104 cm³/mol. The number of ether oxygens (including phenoxy) is 3. The van der Waals surface area contributed by atoms with Crippen molar-refractivity contribution in [2.75, 3.05) is 34.4 Å². The average Bonchev–Trinajstić information content (AvgIpc) is 2.74. The van der Waals surface area contributed by atoms with Gasteiger partial charge < -0.3 is 24.8 Å². The van der Waals surface area contributed by atoms with Crippen LogP contribution in [0.25, 0.3) is 0 Å². The Morgan fingerprint density at radius 1 is 0.931 bits per heavy atom. The average molecular weight is 403 g/mol. The van der Waals surface area contributed by atoms with Crippen molar-refractivity contribution in [3.8, 4) is 17.2 Å². The van der Waals surface area contributed by atoms with Crippen molar-refractivity contribution >= 4 is 17.5 Å². The molecular formula is C19H21N3O7. The monoisotopic (exact) mass is 403 g/mol. The Balaban J connectivity index is 2.13. The molecule has 0 unspecified atom stereocenters. The maximum atomic E-state index is 12.5. The first-order valence-electron chi connectivity index (χ1n) is 8.53. The number of hydrogen-bond donors (Lipinski definition) is 2. The molecule has 154 valence electrons. The van der Waals surface area contributed by atoms with Gasteiger partial charge in [0.15, 0.2) is 5.75 Å². The minimum Gasteiger partial charge on any atom is -0.493 e. The van der Waals surface area contributed by atoms with Crippen LogP contribution in [0.2, 0.25) is 0 Å². The Morgan fingerprint density at radius 3 is 2.03 bits per heavy atom. The number of amides is 2. The van der Waals surface area contributed by atoms with Crippen LogP contribution in [0.4, 0.5) is 5.69 Å². The highest BCUT2D eigenvalue weighted by atomic mass is 16.6. The molecule has 29 heavy (non-hydrogen) atoms. The zero-order valence-electron chi connectivity index (χ0n) is 16.2. The van der Waals surface area contributed by atoms with Crippen molar-refractivity contribution in [2.45, 2.75) is 0 Å². The highest BCUT2D eigenvalue weighted by molar-refractivity contribution is 6.00. The smallest absolute Gasteiger partial charge is 0.327 e. The number of nitro benzene ring substituents is 1. The van der Waals surface area contributed by atoms with E-state index in [0.29, 0.717) is 5.56 Å². The summed E-state index contributed by atoms with van der Waals surface area (Å²) in [5.41, 5.74) is -0.311. The number of rotatable bonds is 9. The van der Waals surface area contributed by atoms with Crippen LogP contribution in [-0.2, 0) is 0 Å². The summed E-state index contributed by atoms with van der Waals surface area (Å²) in [6, 6.07) is 9.79. The van der Waals surface area contributed by atoms with E-state index < -0.39 is 16.5 Å². The number of carbonyl (C=O) groups excluding carboxylic acids is 2. The summed E-state index contributed by atoms with van der Waals surface area (Å²) in [5.74, 6) is -1.12. The Bertz CT molecular complexity index is 900.